The van der Waals surface area contributed by atoms with Gasteiger partial charge >= 0.3 is 5.97 Å². The number of carboxylic acid groups (broad SMARTS) is 1. The van der Waals surface area contributed by atoms with Crippen LogP contribution in [-0.2, 0) is 9.59 Å². The number of amides is 1. The average molecular weight is 153 g/mol. The summed E-state index contributed by atoms with van der Waals surface area (Å²) in [5.41, 5.74) is 0.263. The first-order valence-corrected chi connectivity index (χ1v) is 3.44. The minimum Gasteiger partial charge on any atom is -0.478 e. The maximum absolute atomic E-state index is 10.8. The third-order valence-electron chi connectivity index (χ3n) is 2.19. The van der Waals surface area contributed by atoms with Gasteiger partial charge in [-0.3, -0.25) is 4.79 Å². The maximum Gasteiger partial charge on any atom is 0.332 e. The van der Waals surface area contributed by atoms with Gasteiger partial charge in [-0.05, 0) is 6.42 Å². The van der Waals surface area contributed by atoms with Gasteiger partial charge < -0.3 is 10.4 Å². The highest BCUT2D eigenvalue weighted by Crippen LogP contribution is 2.32. The number of rotatable bonds is 1. The fraction of sp³-hybridized carbons (Fsp3) is 0.429. The number of hydrogen-bond acceptors (Lipinski definition) is 2. The lowest BCUT2D eigenvalue weighted by atomic mass is 9.89. The summed E-state index contributed by atoms with van der Waals surface area (Å²) in [5, 5.41) is 11.2. The molecule has 1 aliphatic carbocycles. The molecule has 0 unspecified atom stereocenters. The quantitative estimate of drug-likeness (QED) is 0.500. The van der Waals surface area contributed by atoms with Gasteiger partial charge in [0.15, 0.2) is 0 Å². The molecule has 2 N–H and O–H groups in total. The molecule has 2 atom stereocenters. The Kier molecular flexibility index (Phi) is 1.07. The molecule has 1 saturated heterocycles. The Hall–Kier alpha value is -1.32. The summed E-state index contributed by atoms with van der Waals surface area (Å²) in [6, 6.07) is 0.0635. The van der Waals surface area contributed by atoms with Crippen LogP contribution in [0.1, 0.15) is 6.42 Å². The zero-order valence-electron chi connectivity index (χ0n) is 5.70. The molecule has 0 saturated carbocycles. The van der Waals surface area contributed by atoms with Crippen molar-refractivity contribution < 1.29 is 14.7 Å². The largest absolute Gasteiger partial charge is 0.478 e. The predicted octanol–water partition coefficient (Wildman–Crippen LogP) is -0.484. The van der Waals surface area contributed by atoms with Crippen molar-refractivity contribution in [3.8, 4) is 0 Å². The van der Waals surface area contributed by atoms with E-state index in [0.29, 0.717) is 6.42 Å². The van der Waals surface area contributed by atoms with Gasteiger partial charge in [-0.2, -0.15) is 0 Å². The van der Waals surface area contributed by atoms with Crippen LogP contribution in [0.4, 0.5) is 0 Å². The van der Waals surface area contributed by atoms with E-state index in [0.717, 1.165) is 0 Å². The summed E-state index contributed by atoms with van der Waals surface area (Å²) in [6.45, 7) is 0. The highest BCUT2D eigenvalue weighted by Gasteiger charge is 2.46. The lowest BCUT2D eigenvalue weighted by molar-refractivity contribution is -0.139. The van der Waals surface area contributed by atoms with E-state index in [1.165, 1.54) is 0 Å². The summed E-state index contributed by atoms with van der Waals surface area (Å²) in [6.07, 6.45) is 2.29. The SMILES string of the molecule is O=C(O)C1=CC[C@@H]2NC(=O)[C@H]12. The van der Waals surface area contributed by atoms with E-state index < -0.39 is 5.97 Å². The molecule has 1 fully saturated rings. The third kappa shape index (κ3) is 0.691. The molecule has 2 aliphatic rings. The van der Waals surface area contributed by atoms with Gasteiger partial charge in [-0.15, -0.1) is 0 Å². The number of carboxylic acids is 1. The highest BCUT2D eigenvalue weighted by atomic mass is 16.4. The number of aliphatic carboxylic acids is 1. The normalized spacial score (nSPS) is 33.5. The minimum absolute atomic E-state index is 0.0635. The Labute approximate surface area is 62.9 Å². The Morgan fingerprint density at radius 1 is 1.73 bits per heavy atom. The zero-order chi connectivity index (χ0) is 8.01. The van der Waals surface area contributed by atoms with Crippen LogP contribution >= 0.6 is 0 Å². The molecule has 2 rings (SSSR count). The molecule has 0 aromatic heterocycles. The number of β-lactam (4-membered cyclic amide) rings is 1. The van der Waals surface area contributed by atoms with Crippen LogP contribution in [-0.4, -0.2) is 23.0 Å². The molecule has 0 aromatic carbocycles. The van der Waals surface area contributed by atoms with Gasteiger partial charge in [0, 0.05) is 11.6 Å². The van der Waals surface area contributed by atoms with Crippen molar-refractivity contribution in [1.29, 1.82) is 0 Å². The standard InChI is InChI=1S/C7H7NO3/c9-6-5-3(7(10)11)1-2-4(5)8-6/h1,4-5H,2H2,(H,8,9)(H,10,11)/t4-,5+/m0/s1. The number of carbonyl (C=O) groups excluding carboxylic acids is 1. The van der Waals surface area contributed by atoms with Gasteiger partial charge in [0.2, 0.25) is 5.91 Å². The van der Waals surface area contributed by atoms with Crippen LogP contribution in [0.25, 0.3) is 0 Å². The summed E-state index contributed by atoms with van der Waals surface area (Å²) in [7, 11) is 0. The van der Waals surface area contributed by atoms with Gasteiger partial charge in [-0.1, -0.05) is 6.08 Å². The van der Waals surface area contributed by atoms with Crippen molar-refractivity contribution in [1.82, 2.24) is 5.32 Å². The molecule has 0 radical (unpaired) electrons. The first-order valence-electron chi connectivity index (χ1n) is 3.44. The summed E-state index contributed by atoms with van der Waals surface area (Å²) in [5.74, 6) is -1.49. The molecule has 0 spiro atoms. The van der Waals surface area contributed by atoms with E-state index >= 15 is 0 Å². The fourth-order valence-electron chi connectivity index (χ4n) is 1.60. The van der Waals surface area contributed by atoms with Crippen LogP contribution in [0.3, 0.4) is 0 Å². The molecular formula is C7H7NO3. The second-order valence-corrected chi connectivity index (χ2v) is 2.79. The van der Waals surface area contributed by atoms with Gasteiger partial charge in [0.1, 0.15) is 0 Å². The number of hydrogen-bond donors (Lipinski definition) is 2. The van der Waals surface area contributed by atoms with Gasteiger partial charge in [0.05, 0.1) is 5.92 Å². The molecule has 4 nitrogen and oxygen atoms in total. The molecular weight excluding hydrogens is 146 g/mol. The van der Waals surface area contributed by atoms with E-state index in [1.54, 1.807) is 6.08 Å². The molecule has 1 heterocycles. The van der Waals surface area contributed by atoms with Crippen LogP contribution in [0.2, 0.25) is 0 Å². The number of carbonyl (C=O) groups is 2. The topological polar surface area (TPSA) is 66.4 Å². The van der Waals surface area contributed by atoms with Gasteiger partial charge in [-0.25, -0.2) is 4.79 Å². The first kappa shape index (κ1) is 6.39. The molecule has 1 amide bonds. The monoisotopic (exact) mass is 153 g/mol. The van der Waals surface area contributed by atoms with Crippen molar-refractivity contribution >= 4 is 11.9 Å². The van der Waals surface area contributed by atoms with Crippen LogP contribution < -0.4 is 5.32 Å². The fourth-order valence-corrected chi connectivity index (χ4v) is 1.60. The van der Waals surface area contributed by atoms with Gasteiger partial charge in [0.25, 0.3) is 0 Å². The molecule has 1 aliphatic heterocycles. The molecule has 4 heteroatoms. The van der Waals surface area contributed by atoms with E-state index in [1.807, 2.05) is 0 Å². The van der Waals surface area contributed by atoms with E-state index in [9.17, 15) is 9.59 Å². The lowest BCUT2D eigenvalue weighted by Gasteiger charge is -2.31. The summed E-state index contributed by atoms with van der Waals surface area (Å²) < 4.78 is 0. The Bertz CT molecular complexity index is 269. The van der Waals surface area contributed by atoms with Crippen molar-refractivity contribution in [2.45, 2.75) is 12.5 Å². The second kappa shape index (κ2) is 1.84. The number of fused-ring (bicyclic) bond motifs is 1. The molecule has 0 bridgehead atoms. The van der Waals surface area contributed by atoms with E-state index in [-0.39, 0.29) is 23.4 Å². The van der Waals surface area contributed by atoms with Crippen molar-refractivity contribution in [2.75, 3.05) is 0 Å². The van der Waals surface area contributed by atoms with Crippen LogP contribution in [0, 0.1) is 5.92 Å². The molecule has 11 heavy (non-hydrogen) atoms. The van der Waals surface area contributed by atoms with E-state index in [4.69, 9.17) is 5.11 Å². The number of nitrogens with one attached hydrogen (secondary N) is 1. The summed E-state index contributed by atoms with van der Waals surface area (Å²) in [4.78, 5) is 21.3. The second-order valence-electron chi connectivity index (χ2n) is 2.79. The predicted molar refractivity (Wildman–Crippen MR) is 35.8 cm³/mol. The minimum atomic E-state index is -0.965. The Balaban J connectivity index is 2.24. The zero-order valence-corrected chi connectivity index (χ0v) is 5.70. The Morgan fingerprint density at radius 2 is 2.45 bits per heavy atom. The Morgan fingerprint density at radius 3 is 2.91 bits per heavy atom. The maximum atomic E-state index is 10.8. The summed E-state index contributed by atoms with van der Waals surface area (Å²) >= 11 is 0. The van der Waals surface area contributed by atoms with Crippen molar-refractivity contribution in [2.24, 2.45) is 5.92 Å². The molecule has 58 valence electrons. The average Bonchev–Trinajstić information content (AvgIpc) is 2.25. The third-order valence-corrected chi connectivity index (χ3v) is 2.19. The lowest BCUT2D eigenvalue weighted by Crippen LogP contribution is -2.56. The highest BCUT2D eigenvalue weighted by molar-refractivity contribution is 6.01. The molecule has 0 aromatic rings. The van der Waals surface area contributed by atoms with Crippen LogP contribution in [0.5, 0.6) is 0 Å². The van der Waals surface area contributed by atoms with E-state index in [2.05, 4.69) is 5.32 Å². The smallest absolute Gasteiger partial charge is 0.332 e. The van der Waals surface area contributed by atoms with Crippen LogP contribution in [0.15, 0.2) is 11.6 Å². The van der Waals surface area contributed by atoms with Crippen molar-refractivity contribution in [3.63, 3.8) is 0 Å². The first-order chi connectivity index (χ1) is 5.20. The van der Waals surface area contributed by atoms with Crippen molar-refractivity contribution in [3.05, 3.63) is 11.6 Å².